The summed E-state index contributed by atoms with van der Waals surface area (Å²) >= 11 is 0. The molecular formula is C39H52Cl3FN4O2. The van der Waals surface area contributed by atoms with Crippen LogP contribution >= 0.6 is 37.2 Å². The van der Waals surface area contributed by atoms with Crippen LogP contribution in [0.5, 0.6) is 0 Å². The van der Waals surface area contributed by atoms with E-state index < -0.39 is 12.0 Å². The summed E-state index contributed by atoms with van der Waals surface area (Å²) in [6.45, 7) is 10.2. The number of fused-ring (bicyclic) bond motifs is 1. The van der Waals surface area contributed by atoms with Crippen molar-refractivity contribution in [2.24, 2.45) is 11.8 Å². The predicted octanol–water partition coefficient (Wildman–Crippen LogP) is 9.30. The maximum absolute atomic E-state index is 14.4. The van der Waals surface area contributed by atoms with E-state index in [1.54, 1.807) is 6.07 Å². The molecule has 0 spiro atoms. The van der Waals surface area contributed by atoms with Crippen molar-refractivity contribution in [3.05, 3.63) is 89.9 Å². The molecule has 1 aliphatic carbocycles. The summed E-state index contributed by atoms with van der Waals surface area (Å²) in [5.41, 5.74) is 4.61. The highest BCUT2D eigenvalue weighted by molar-refractivity contribution is 5.95. The van der Waals surface area contributed by atoms with Crippen LogP contribution in [0.3, 0.4) is 0 Å². The van der Waals surface area contributed by atoms with Gasteiger partial charge in [-0.15, -0.1) is 37.2 Å². The Labute approximate surface area is 309 Å². The van der Waals surface area contributed by atoms with Gasteiger partial charge in [-0.1, -0.05) is 68.4 Å². The number of hydrogen-bond donors (Lipinski definition) is 1. The van der Waals surface area contributed by atoms with Gasteiger partial charge in [0.15, 0.2) is 0 Å². The number of likely N-dealkylation sites (tertiary alicyclic amines) is 1. The third-order valence-corrected chi connectivity index (χ3v) is 10.7. The van der Waals surface area contributed by atoms with Gasteiger partial charge in [-0.25, -0.2) is 4.39 Å². The third kappa shape index (κ3) is 9.17. The topological polar surface area (TPSA) is 61.6 Å². The smallest absolute Gasteiger partial charge is 0.320 e. The highest BCUT2D eigenvalue weighted by Gasteiger charge is 2.41. The molecule has 1 N–H and O–H groups in total. The first-order chi connectivity index (χ1) is 22.2. The van der Waals surface area contributed by atoms with Crippen LogP contribution in [0.4, 0.5) is 4.39 Å². The molecule has 3 aromatic carbocycles. The van der Waals surface area contributed by atoms with Crippen LogP contribution in [0.15, 0.2) is 72.8 Å². The molecule has 6 rings (SSSR count). The molecule has 10 heteroatoms. The number of hydrogen-bond acceptors (Lipinski definition) is 4. The Balaban J connectivity index is 0.00000217. The Morgan fingerprint density at radius 2 is 1.67 bits per heavy atom. The summed E-state index contributed by atoms with van der Waals surface area (Å²) < 4.78 is 16.6. The van der Waals surface area contributed by atoms with Crippen molar-refractivity contribution in [3.63, 3.8) is 0 Å². The predicted molar refractivity (Wildman–Crippen MR) is 205 cm³/mol. The van der Waals surface area contributed by atoms with Crippen molar-refractivity contribution in [3.8, 4) is 11.3 Å². The van der Waals surface area contributed by atoms with E-state index >= 15 is 0 Å². The summed E-state index contributed by atoms with van der Waals surface area (Å²) in [6.07, 6.45) is 4.57. The quantitative estimate of drug-likeness (QED) is 0.167. The number of nitrogens with zero attached hydrogens (tertiary/aromatic N) is 4. The van der Waals surface area contributed by atoms with Crippen LogP contribution < -0.4 is 0 Å². The molecule has 2 aliphatic rings. The number of carbonyl (C=O) groups is 1. The summed E-state index contributed by atoms with van der Waals surface area (Å²) in [4.78, 5) is 16.9. The Hall–Kier alpha value is -2.68. The Bertz CT molecular complexity index is 1650. The van der Waals surface area contributed by atoms with Crippen molar-refractivity contribution in [2.75, 3.05) is 26.7 Å². The van der Waals surface area contributed by atoms with Gasteiger partial charge < -0.3 is 10.0 Å². The average molecular weight is 734 g/mol. The molecule has 4 atom stereocenters. The molecule has 3 unspecified atom stereocenters. The molecule has 0 bridgehead atoms. The maximum atomic E-state index is 14.4. The van der Waals surface area contributed by atoms with Gasteiger partial charge in [0.25, 0.3) is 0 Å². The molecule has 49 heavy (non-hydrogen) atoms. The van der Waals surface area contributed by atoms with E-state index in [1.807, 2.05) is 13.1 Å². The number of rotatable bonds is 11. The SMILES string of the molecule is CCn1nc(-c2cccc3ccccc23)cc1C1CCN(CC2CC(N(C)[C@H](CC(C)C)C(=O)O)CC2c2cccc(F)c2)CC1.Cl.Cl.Cl. The number of carboxylic acids is 1. The summed E-state index contributed by atoms with van der Waals surface area (Å²) in [5, 5.41) is 17.6. The molecule has 4 aromatic rings. The van der Waals surface area contributed by atoms with E-state index in [0.29, 0.717) is 24.2 Å². The van der Waals surface area contributed by atoms with Gasteiger partial charge in [-0.3, -0.25) is 14.4 Å². The monoisotopic (exact) mass is 732 g/mol. The van der Waals surface area contributed by atoms with Crippen molar-refractivity contribution in [2.45, 2.75) is 83.3 Å². The van der Waals surface area contributed by atoms with Crippen LogP contribution in [-0.4, -0.2) is 69.4 Å². The van der Waals surface area contributed by atoms with Crippen LogP contribution in [0.1, 0.15) is 76.0 Å². The Kier molecular flexibility index (Phi) is 15.0. The van der Waals surface area contributed by atoms with Gasteiger partial charge in [-0.05, 0) is 111 Å². The molecule has 1 aromatic heterocycles. The molecule has 0 amide bonds. The van der Waals surface area contributed by atoms with Gasteiger partial charge in [0.05, 0.1) is 5.69 Å². The number of benzene rings is 3. The molecule has 1 saturated carbocycles. The molecule has 0 radical (unpaired) electrons. The second-order valence-electron chi connectivity index (χ2n) is 14.1. The van der Waals surface area contributed by atoms with Gasteiger partial charge >= 0.3 is 5.97 Å². The zero-order chi connectivity index (χ0) is 32.4. The summed E-state index contributed by atoms with van der Waals surface area (Å²) in [5.74, 6) is 0.360. The average Bonchev–Trinajstić information content (AvgIpc) is 3.68. The van der Waals surface area contributed by atoms with E-state index in [-0.39, 0.29) is 55.0 Å². The minimum absolute atomic E-state index is 0. The number of carboxylic acid groups (broad SMARTS) is 1. The first-order valence-electron chi connectivity index (χ1n) is 17.2. The number of piperidine rings is 1. The standard InChI is InChI=1S/C39H49FN4O2.3ClH/c1-5-44-37(24-36(41-44)34-15-9-11-27-10-6-7-14-33(27)34)28-16-18-43(19-17-28)25-30-22-32(42(4)38(39(45)46)20-26(2)3)23-35(30)29-12-8-13-31(40)21-29;;;/h6-15,21,24,26,28,30,32,35,38H,5,16-20,22-23,25H2,1-4H3,(H,45,46);3*1H/t30?,32?,35?,38-;;;/m1.../s1. The van der Waals surface area contributed by atoms with Crippen LogP contribution in [0.25, 0.3) is 22.0 Å². The lowest BCUT2D eigenvalue weighted by molar-refractivity contribution is -0.144. The van der Waals surface area contributed by atoms with Gasteiger partial charge in [0.2, 0.25) is 0 Å². The first kappa shape index (κ1) is 40.7. The van der Waals surface area contributed by atoms with E-state index in [2.05, 4.69) is 89.9 Å². The molecule has 6 nitrogen and oxygen atoms in total. The van der Waals surface area contributed by atoms with E-state index in [0.717, 1.165) is 63.1 Å². The number of halogens is 4. The van der Waals surface area contributed by atoms with Gasteiger partial charge in [-0.2, -0.15) is 5.10 Å². The number of aromatic nitrogens is 2. The highest BCUT2D eigenvalue weighted by Crippen LogP contribution is 2.44. The van der Waals surface area contributed by atoms with E-state index in [4.69, 9.17) is 5.10 Å². The van der Waals surface area contributed by atoms with Crippen molar-refractivity contribution >= 4 is 54.0 Å². The maximum Gasteiger partial charge on any atom is 0.320 e. The number of likely N-dealkylation sites (N-methyl/N-ethyl adjacent to an activating group) is 1. The first-order valence-corrected chi connectivity index (χ1v) is 17.2. The minimum Gasteiger partial charge on any atom is -0.480 e. The summed E-state index contributed by atoms with van der Waals surface area (Å²) in [7, 11) is 1.98. The molecule has 1 aliphatic heterocycles. The van der Waals surface area contributed by atoms with Crippen LogP contribution in [0.2, 0.25) is 0 Å². The zero-order valence-electron chi connectivity index (χ0n) is 29.0. The van der Waals surface area contributed by atoms with Crippen LogP contribution in [-0.2, 0) is 11.3 Å². The number of aryl methyl sites for hydroxylation is 1. The fourth-order valence-corrected chi connectivity index (χ4v) is 8.25. The Morgan fingerprint density at radius 1 is 0.980 bits per heavy atom. The zero-order valence-corrected chi connectivity index (χ0v) is 31.5. The fraction of sp³-hybridized carbons (Fsp3) is 0.487. The molecule has 2 heterocycles. The largest absolute Gasteiger partial charge is 0.480 e. The normalized spacial score (nSPS) is 20.5. The molecule has 268 valence electrons. The summed E-state index contributed by atoms with van der Waals surface area (Å²) in [6, 6.07) is 24.0. The Morgan fingerprint density at radius 3 is 2.35 bits per heavy atom. The van der Waals surface area contributed by atoms with Crippen molar-refractivity contribution < 1.29 is 14.3 Å². The third-order valence-electron chi connectivity index (χ3n) is 10.7. The van der Waals surface area contributed by atoms with Crippen molar-refractivity contribution in [1.29, 1.82) is 0 Å². The molecular weight excluding hydrogens is 682 g/mol. The van der Waals surface area contributed by atoms with E-state index in [1.165, 1.54) is 28.1 Å². The van der Waals surface area contributed by atoms with E-state index in [9.17, 15) is 14.3 Å². The van der Waals surface area contributed by atoms with Crippen LogP contribution in [0, 0.1) is 17.7 Å². The van der Waals surface area contributed by atoms with Gasteiger partial charge in [0, 0.05) is 36.3 Å². The lowest BCUT2D eigenvalue weighted by Gasteiger charge is -2.35. The highest BCUT2D eigenvalue weighted by atomic mass is 35.5. The second kappa shape index (κ2) is 18.0. The van der Waals surface area contributed by atoms with Gasteiger partial charge in [0.1, 0.15) is 11.9 Å². The lowest BCUT2D eigenvalue weighted by Crippen LogP contribution is -2.45. The lowest BCUT2D eigenvalue weighted by atomic mass is 9.87. The number of aliphatic carboxylic acids is 1. The van der Waals surface area contributed by atoms with Crippen molar-refractivity contribution in [1.82, 2.24) is 19.6 Å². The minimum atomic E-state index is -0.751. The molecule has 2 fully saturated rings. The second-order valence-corrected chi connectivity index (χ2v) is 14.1. The fourth-order valence-electron chi connectivity index (χ4n) is 8.25. The molecule has 1 saturated heterocycles.